The summed E-state index contributed by atoms with van der Waals surface area (Å²) < 4.78 is 16.1. The van der Waals surface area contributed by atoms with E-state index >= 15 is 0 Å². The molecule has 6 heteroatoms. The van der Waals surface area contributed by atoms with E-state index in [9.17, 15) is 0 Å². The van der Waals surface area contributed by atoms with E-state index in [4.69, 9.17) is 14.0 Å². The van der Waals surface area contributed by atoms with Crippen LogP contribution in [0.5, 0.6) is 11.5 Å². The fourth-order valence-corrected chi connectivity index (χ4v) is 2.78. The van der Waals surface area contributed by atoms with Gasteiger partial charge in [0.15, 0.2) is 0 Å². The van der Waals surface area contributed by atoms with Gasteiger partial charge in [0.1, 0.15) is 11.5 Å². The van der Waals surface area contributed by atoms with Gasteiger partial charge >= 0.3 is 0 Å². The van der Waals surface area contributed by atoms with Crippen molar-refractivity contribution < 1.29 is 14.0 Å². The molecule has 2 aromatic carbocycles. The quantitative estimate of drug-likeness (QED) is 0.641. The van der Waals surface area contributed by atoms with E-state index in [0.717, 1.165) is 22.6 Å². The lowest BCUT2D eigenvalue weighted by atomic mass is 10.1. The van der Waals surface area contributed by atoms with Crippen LogP contribution in [0.25, 0.3) is 11.4 Å². The number of hydrogen-bond acceptors (Lipinski definition) is 6. The van der Waals surface area contributed by atoms with Gasteiger partial charge in [-0.2, -0.15) is 4.98 Å². The van der Waals surface area contributed by atoms with Gasteiger partial charge in [0.05, 0.1) is 20.8 Å². The highest BCUT2D eigenvalue weighted by Crippen LogP contribution is 2.29. The number of benzene rings is 2. The number of para-hydroxylation sites is 1. The van der Waals surface area contributed by atoms with E-state index in [2.05, 4.69) is 28.0 Å². The number of aromatic nitrogens is 2. The molecule has 1 aromatic heterocycles. The molecule has 0 radical (unpaired) electrons. The third-order valence-electron chi connectivity index (χ3n) is 4.45. The summed E-state index contributed by atoms with van der Waals surface area (Å²) in [4.78, 5) is 6.65. The molecule has 3 rings (SSSR count). The molecule has 6 nitrogen and oxygen atoms in total. The zero-order valence-electron chi connectivity index (χ0n) is 15.5. The summed E-state index contributed by atoms with van der Waals surface area (Å²) in [6.07, 6.45) is 0. The van der Waals surface area contributed by atoms with Crippen LogP contribution in [0.3, 0.4) is 0 Å². The van der Waals surface area contributed by atoms with Gasteiger partial charge in [0, 0.05) is 17.2 Å². The van der Waals surface area contributed by atoms with Gasteiger partial charge in [-0.05, 0) is 44.3 Å². The molecule has 1 atom stereocenters. The summed E-state index contributed by atoms with van der Waals surface area (Å²) in [5, 5.41) is 4.08. The van der Waals surface area contributed by atoms with Crippen LogP contribution >= 0.6 is 0 Å². The van der Waals surface area contributed by atoms with Crippen molar-refractivity contribution in [2.75, 3.05) is 21.3 Å². The van der Waals surface area contributed by atoms with Crippen LogP contribution in [-0.4, -0.2) is 36.3 Å². The molecule has 0 aliphatic carbocycles. The summed E-state index contributed by atoms with van der Waals surface area (Å²) in [5.74, 6) is 2.81. The molecule has 3 aromatic rings. The second-order valence-corrected chi connectivity index (χ2v) is 6.07. The fraction of sp³-hybridized carbons (Fsp3) is 0.300. The lowest BCUT2D eigenvalue weighted by Gasteiger charge is -2.24. The Morgan fingerprint density at radius 2 is 1.77 bits per heavy atom. The van der Waals surface area contributed by atoms with E-state index < -0.39 is 0 Å². The predicted octanol–water partition coefficient (Wildman–Crippen LogP) is 3.95. The van der Waals surface area contributed by atoms with Crippen LogP contribution in [0, 0.1) is 0 Å². The van der Waals surface area contributed by atoms with Crippen LogP contribution in [0.1, 0.15) is 24.4 Å². The van der Waals surface area contributed by atoms with Gasteiger partial charge in [-0.15, -0.1) is 0 Å². The van der Waals surface area contributed by atoms with Gasteiger partial charge in [-0.25, -0.2) is 0 Å². The van der Waals surface area contributed by atoms with Crippen LogP contribution in [0.15, 0.2) is 53.1 Å². The first kappa shape index (κ1) is 17.9. The molecular formula is C20H23N3O3. The third kappa shape index (κ3) is 3.86. The Kier molecular flexibility index (Phi) is 5.53. The Hall–Kier alpha value is -2.86. The number of hydrogen-bond donors (Lipinski definition) is 0. The Morgan fingerprint density at radius 1 is 1.04 bits per heavy atom. The second kappa shape index (κ2) is 8.01. The zero-order chi connectivity index (χ0) is 18.5. The summed E-state index contributed by atoms with van der Waals surface area (Å²) >= 11 is 0. The molecule has 0 aliphatic rings. The first-order chi connectivity index (χ1) is 12.6. The molecule has 0 saturated heterocycles. The van der Waals surface area contributed by atoms with Crippen molar-refractivity contribution in [1.29, 1.82) is 0 Å². The predicted molar refractivity (Wildman–Crippen MR) is 99.2 cm³/mol. The molecule has 0 bridgehead atoms. The minimum absolute atomic E-state index is 0.141. The molecule has 0 fully saturated rings. The normalized spacial score (nSPS) is 12.2. The Bertz CT molecular complexity index is 846. The van der Waals surface area contributed by atoms with E-state index in [0.29, 0.717) is 18.3 Å². The van der Waals surface area contributed by atoms with Crippen molar-refractivity contribution in [2.45, 2.75) is 19.5 Å². The number of ether oxygens (including phenoxy) is 2. The lowest BCUT2D eigenvalue weighted by molar-refractivity contribution is 0.213. The highest BCUT2D eigenvalue weighted by molar-refractivity contribution is 5.55. The van der Waals surface area contributed by atoms with Crippen LogP contribution in [0.2, 0.25) is 0 Å². The molecule has 0 saturated carbocycles. The monoisotopic (exact) mass is 353 g/mol. The van der Waals surface area contributed by atoms with Crippen molar-refractivity contribution >= 4 is 0 Å². The molecule has 1 heterocycles. The van der Waals surface area contributed by atoms with E-state index in [1.54, 1.807) is 14.2 Å². The number of rotatable bonds is 7. The largest absolute Gasteiger partial charge is 0.497 e. The smallest absolute Gasteiger partial charge is 0.241 e. The van der Waals surface area contributed by atoms with Crippen LogP contribution in [-0.2, 0) is 6.54 Å². The number of nitrogens with zero attached hydrogens (tertiary/aromatic N) is 3. The van der Waals surface area contributed by atoms with Gasteiger partial charge in [-0.3, -0.25) is 4.90 Å². The summed E-state index contributed by atoms with van der Waals surface area (Å²) in [6, 6.07) is 15.7. The van der Waals surface area contributed by atoms with Crippen molar-refractivity contribution in [1.82, 2.24) is 15.0 Å². The zero-order valence-corrected chi connectivity index (χ0v) is 15.5. The molecule has 0 N–H and O–H groups in total. The SMILES string of the molecule is COc1ccc(-c2noc(CN(C)C(C)c3ccccc3OC)n2)cc1. The molecule has 1 unspecified atom stereocenters. The summed E-state index contributed by atoms with van der Waals surface area (Å²) in [6.45, 7) is 2.67. The summed E-state index contributed by atoms with van der Waals surface area (Å²) in [5.41, 5.74) is 2.01. The first-order valence-corrected chi connectivity index (χ1v) is 8.42. The standard InChI is InChI=1S/C20H23N3O3/c1-14(17-7-5-6-8-18(17)25-4)23(2)13-19-21-20(22-26-19)15-9-11-16(24-3)12-10-15/h5-12,14H,13H2,1-4H3. The van der Waals surface area contributed by atoms with Crippen molar-refractivity contribution in [3.8, 4) is 22.9 Å². The first-order valence-electron chi connectivity index (χ1n) is 8.42. The van der Waals surface area contributed by atoms with Gasteiger partial charge in [0.25, 0.3) is 0 Å². The maximum Gasteiger partial charge on any atom is 0.241 e. The molecular weight excluding hydrogens is 330 g/mol. The van der Waals surface area contributed by atoms with Gasteiger partial charge in [-0.1, -0.05) is 23.4 Å². The third-order valence-corrected chi connectivity index (χ3v) is 4.45. The molecule has 136 valence electrons. The molecule has 0 aliphatic heterocycles. The molecule has 0 amide bonds. The Morgan fingerprint density at radius 3 is 2.46 bits per heavy atom. The maximum atomic E-state index is 5.46. The average Bonchev–Trinajstić information content (AvgIpc) is 3.15. The number of methoxy groups -OCH3 is 2. The highest BCUT2D eigenvalue weighted by Gasteiger charge is 2.18. The van der Waals surface area contributed by atoms with E-state index in [-0.39, 0.29) is 6.04 Å². The molecule has 26 heavy (non-hydrogen) atoms. The lowest BCUT2D eigenvalue weighted by Crippen LogP contribution is -2.22. The summed E-state index contributed by atoms with van der Waals surface area (Å²) in [7, 11) is 5.35. The topological polar surface area (TPSA) is 60.6 Å². The fourth-order valence-electron chi connectivity index (χ4n) is 2.78. The minimum atomic E-state index is 0.141. The highest BCUT2D eigenvalue weighted by atomic mass is 16.5. The maximum absolute atomic E-state index is 5.46. The Labute approximate surface area is 153 Å². The van der Waals surface area contributed by atoms with Crippen molar-refractivity contribution in [3.63, 3.8) is 0 Å². The molecule has 0 spiro atoms. The van der Waals surface area contributed by atoms with Crippen LogP contribution in [0.4, 0.5) is 0 Å². The van der Waals surface area contributed by atoms with E-state index in [1.165, 1.54) is 0 Å². The van der Waals surface area contributed by atoms with Gasteiger partial charge < -0.3 is 14.0 Å². The van der Waals surface area contributed by atoms with Crippen LogP contribution < -0.4 is 9.47 Å². The van der Waals surface area contributed by atoms with Crippen molar-refractivity contribution in [2.24, 2.45) is 0 Å². The average molecular weight is 353 g/mol. The van der Waals surface area contributed by atoms with Crippen molar-refractivity contribution in [3.05, 3.63) is 60.0 Å². The second-order valence-electron chi connectivity index (χ2n) is 6.07. The Balaban J connectivity index is 1.71. The minimum Gasteiger partial charge on any atom is -0.497 e. The van der Waals surface area contributed by atoms with Gasteiger partial charge in [0.2, 0.25) is 11.7 Å². The van der Waals surface area contributed by atoms with E-state index in [1.807, 2.05) is 49.5 Å².